The minimum atomic E-state index is -3.96. The maximum Gasteiger partial charge on any atom is 0.246 e. The topological polar surface area (TPSA) is 66.6 Å². The normalized spacial score (nSPS) is 25.2. The first-order valence-corrected chi connectivity index (χ1v) is 8.43. The van der Waals surface area contributed by atoms with Crippen molar-refractivity contribution in [2.24, 2.45) is 0 Å². The number of likely N-dealkylation sites (N-methyl/N-ethyl adjacent to an activating group) is 1. The molecule has 1 aromatic rings. The van der Waals surface area contributed by atoms with Gasteiger partial charge in [0.2, 0.25) is 10.0 Å². The Morgan fingerprint density at radius 1 is 1.29 bits per heavy atom. The fourth-order valence-corrected chi connectivity index (χ4v) is 4.47. The summed E-state index contributed by atoms with van der Waals surface area (Å²) < 4.78 is 40.7. The summed E-state index contributed by atoms with van der Waals surface area (Å²) in [6, 6.07) is 2.40. The van der Waals surface area contributed by atoms with Crippen LogP contribution in [0.25, 0.3) is 0 Å². The highest BCUT2D eigenvalue weighted by molar-refractivity contribution is 7.89. The average molecular weight is 336 g/mol. The lowest BCUT2D eigenvalue weighted by atomic mass is 10.1. The fourth-order valence-electron chi connectivity index (χ4n) is 2.46. The van der Waals surface area contributed by atoms with E-state index in [2.05, 4.69) is 4.90 Å². The molecule has 2 unspecified atom stereocenters. The maximum atomic E-state index is 14.1. The van der Waals surface area contributed by atoms with Gasteiger partial charge in [0, 0.05) is 30.9 Å². The number of nitrogen functional groups attached to an aromatic ring is 1. The van der Waals surface area contributed by atoms with Gasteiger partial charge in [-0.2, -0.15) is 4.31 Å². The second kappa shape index (κ2) is 5.72. The zero-order valence-corrected chi connectivity index (χ0v) is 13.7. The molecule has 1 fully saturated rings. The van der Waals surface area contributed by atoms with E-state index in [1.165, 1.54) is 10.4 Å². The van der Waals surface area contributed by atoms with Crippen molar-refractivity contribution in [3.05, 3.63) is 23.0 Å². The van der Waals surface area contributed by atoms with Crippen molar-refractivity contribution in [3.8, 4) is 0 Å². The number of nitrogens with zero attached hydrogens (tertiary/aromatic N) is 2. The Balaban J connectivity index is 2.44. The van der Waals surface area contributed by atoms with Crippen LogP contribution in [0.15, 0.2) is 17.0 Å². The Labute approximate surface area is 129 Å². The quantitative estimate of drug-likeness (QED) is 0.837. The summed E-state index contributed by atoms with van der Waals surface area (Å²) in [7, 11) is -2.02. The minimum absolute atomic E-state index is 0.0446. The average Bonchev–Trinajstić information content (AvgIpc) is 2.39. The molecule has 2 rings (SSSR count). The van der Waals surface area contributed by atoms with Crippen LogP contribution in [0.5, 0.6) is 0 Å². The van der Waals surface area contributed by atoms with Gasteiger partial charge in [-0.05, 0) is 33.0 Å². The molecule has 0 saturated carbocycles. The third-order valence-corrected chi connectivity index (χ3v) is 6.07. The molecular weight excluding hydrogens is 317 g/mol. The third-order valence-electron chi connectivity index (χ3n) is 3.96. The lowest BCUT2D eigenvalue weighted by molar-refractivity contribution is 0.105. The predicted octanol–water partition coefficient (Wildman–Crippen LogP) is 1.77. The lowest BCUT2D eigenvalue weighted by Crippen LogP contribution is -2.56. The predicted molar refractivity (Wildman–Crippen MR) is 81.3 cm³/mol. The molecule has 0 aromatic heterocycles. The number of piperazine rings is 1. The van der Waals surface area contributed by atoms with Gasteiger partial charge in [0.1, 0.15) is 4.90 Å². The molecule has 21 heavy (non-hydrogen) atoms. The van der Waals surface area contributed by atoms with Crippen LogP contribution in [-0.4, -0.2) is 49.8 Å². The van der Waals surface area contributed by atoms with Gasteiger partial charge in [-0.25, -0.2) is 12.8 Å². The standard InChI is InChI=1S/C13H19ClFN3O2S/c1-8-6-18(7-9(2)17(8)3)21(19,20)12-5-10(16)4-11(14)13(12)15/h4-5,8-9H,6-7,16H2,1-3H3. The molecule has 5 nitrogen and oxygen atoms in total. The molecule has 1 aromatic carbocycles. The van der Waals surface area contributed by atoms with Crippen LogP contribution < -0.4 is 5.73 Å². The highest BCUT2D eigenvalue weighted by Crippen LogP contribution is 2.29. The van der Waals surface area contributed by atoms with Crippen LogP contribution in [0.1, 0.15) is 13.8 Å². The summed E-state index contributed by atoms with van der Waals surface area (Å²) in [4.78, 5) is 1.63. The van der Waals surface area contributed by atoms with Crippen molar-refractivity contribution in [2.75, 3.05) is 25.9 Å². The second-order valence-electron chi connectivity index (χ2n) is 5.50. The van der Waals surface area contributed by atoms with Crippen LogP contribution in [-0.2, 0) is 10.0 Å². The molecule has 0 radical (unpaired) electrons. The van der Waals surface area contributed by atoms with Gasteiger partial charge in [-0.3, -0.25) is 4.90 Å². The van der Waals surface area contributed by atoms with Gasteiger partial charge >= 0.3 is 0 Å². The SMILES string of the molecule is CC1CN(S(=O)(=O)c2cc(N)cc(Cl)c2F)CC(C)N1C. The first kappa shape index (κ1) is 16.5. The molecule has 1 heterocycles. The van der Waals surface area contributed by atoms with Crippen LogP contribution in [0, 0.1) is 5.82 Å². The highest BCUT2D eigenvalue weighted by atomic mass is 35.5. The smallest absolute Gasteiger partial charge is 0.246 e. The van der Waals surface area contributed by atoms with E-state index in [9.17, 15) is 12.8 Å². The van der Waals surface area contributed by atoms with Crippen molar-refractivity contribution in [1.29, 1.82) is 0 Å². The first-order valence-electron chi connectivity index (χ1n) is 6.61. The van der Waals surface area contributed by atoms with Crippen molar-refractivity contribution in [1.82, 2.24) is 9.21 Å². The largest absolute Gasteiger partial charge is 0.399 e. The molecule has 0 spiro atoms. The summed E-state index contributed by atoms with van der Waals surface area (Å²) >= 11 is 5.70. The van der Waals surface area contributed by atoms with Crippen molar-refractivity contribution >= 4 is 27.3 Å². The van der Waals surface area contributed by atoms with Gasteiger partial charge in [-0.1, -0.05) is 11.6 Å². The molecule has 0 aliphatic carbocycles. The monoisotopic (exact) mass is 335 g/mol. The van der Waals surface area contributed by atoms with Crippen molar-refractivity contribution in [3.63, 3.8) is 0 Å². The molecule has 118 valence electrons. The van der Waals surface area contributed by atoms with Crippen molar-refractivity contribution in [2.45, 2.75) is 30.8 Å². The van der Waals surface area contributed by atoms with E-state index in [-0.39, 0.29) is 22.8 Å². The summed E-state index contributed by atoms with van der Waals surface area (Å²) in [5, 5.41) is -0.288. The van der Waals surface area contributed by atoms with Crippen LogP contribution in [0.4, 0.5) is 10.1 Å². The van der Waals surface area contributed by atoms with E-state index in [0.717, 1.165) is 6.07 Å². The van der Waals surface area contributed by atoms with Crippen LogP contribution in [0.2, 0.25) is 5.02 Å². The number of halogens is 2. The molecule has 0 bridgehead atoms. The number of sulfonamides is 1. The van der Waals surface area contributed by atoms with Gasteiger partial charge in [0.05, 0.1) is 5.02 Å². The Morgan fingerprint density at radius 2 is 1.81 bits per heavy atom. The molecule has 1 aliphatic heterocycles. The number of benzene rings is 1. The Bertz CT molecular complexity index is 641. The molecular formula is C13H19ClFN3O2S. The Kier molecular flexibility index (Phi) is 4.49. The van der Waals surface area contributed by atoms with Gasteiger partial charge < -0.3 is 5.73 Å². The summed E-state index contributed by atoms with van der Waals surface area (Å²) in [5.41, 5.74) is 5.71. The van der Waals surface area contributed by atoms with E-state index in [1.54, 1.807) is 0 Å². The Hall–Kier alpha value is -0.890. The maximum absolute atomic E-state index is 14.1. The summed E-state index contributed by atoms with van der Waals surface area (Å²) in [5.74, 6) is -0.954. The first-order chi connectivity index (χ1) is 9.64. The molecule has 8 heteroatoms. The summed E-state index contributed by atoms with van der Waals surface area (Å²) in [6.07, 6.45) is 0. The number of hydrogen-bond donors (Lipinski definition) is 1. The lowest BCUT2D eigenvalue weighted by Gasteiger charge is -2.41. The van der Waals surface area contributed by atoms with Crippen LogP contribution in [0.3, 0.4) is 0 Å². The second-order valence-corrected chi connectivity index (χ2v) is 7.81. The van der Waals surface area contributed by atoms with Gasteiger partial charge in [-0.15, -0.1) is 0 Å². The number of hydrogen-bond acceptors (Lipinski definition) is 4. The van der Waals surface area contributed by atoms with E-state index < -0.39 is 20.7 Å². The molecule has 1 saturated heterocycles. The highest BCUT2D eigenvalue weighted by Gasteiger charge is 2.36. The molecule has 1 aliphatic rings. The van der Waals surface area contributed by atoms with Crippen molar-refractivity contribution < 1.29 is 12.8 Å². The third kappa shape index (κ3) is 3.01. The number of nitrogens with two attached hydrogens (primary N) is 1. The number of anilines is 1. The zero-order valence-electron chi connectivity index (χ0n) is 12.2. The van der Waals surface area contributed by atoms with E-state index in [1.807, 2.05) is 20.9 Å². The van der Waals surface area contributed by atoms with Crippen LogP contribution >= 0.6 is 11.6 Å². The van der Waals surface area contributed by atoms with E-state index >= 15 is 0 Å². The van der Waals surface area contributed by atoms with Gasteiger partial charge in [0.25, 0.3) is 0 Å². The fraction of sp³-hybridized carbons (Fsp3) is 0.538. The summed E-state index contributed by atoms with van der Waals surface area (Å²) in [6.45, 7) is 4.46. The zero-order chi connectivity index (χ0) is 15.9. The molecule has 2 atom stereocenters. The molecule has 2 N–H and O–H groups in total. The minimum Gasteiger partial charge on any atom is -0.399 e. The Morgan fingerprint density at radius 3 is 2.33 bits per heavy atom. The molecule has 0 amide bonds. The van der Waals surface area contributed by atoms with Gasteiger partial charge in [0.15, 0.2) is 5.82 Å². The number of rotatable bonds is 2. The van der Waals surface area contributed by atoms with E-state index in [4.69, 9.17) is 17.3 Å². The van der Waals surface area contributed by atoms with E-state index in [0.29, 0.717) is 13.1 Å².